The molecule has 4 heteroatoms. The molecule has 1 aromatic rings. The van der Waals surface area contributed by atoms with Crippen LogP contribution in [0.5, 0.6) is 0 Å². The van der Waals surface area contributed by atoms with Gasteiger partial charge in [0.25, 0.3) is 0 Å². The van der Waals surface area contributed by atoms with Crippen LogP contribution in [0.25, 0.3) is 0 Å². The van der Waals surface area contributed by atoms with Gasteiger partial charge in [-0.3, -0.25) is 0 Å². The average Bonchev–Trinajstić information content (AvgIpc) is 2.35. The molecule has 0 saturated carbocycles. The van der Waals surface area contributed by atoms with Gasteiger partial charge in [-0.25, -0.2) is 9.97 Å². The maximum Gasteiger partial charge on any atom is 0.135 e. The molecule has 0 radical (unpaired) electrons. The Hall–Kier alpha value is -0.640. The summed E-state index contributed by atoms with van der Waals surface area (Å²) in [5.41, 5.74) is 2.65. The normalized spacial score (nSPS) is 14.6. The second-order valence-corrected chi connectivity index (χ2v) is 4.89. The van der Waals surface area contributed by atoms with E-state index >= 15 is 0 Å². The van der Waals surface area contributed by atoms with Crippen molar-refractivity contribution >= 4 is 21.7 Å². The molecule has 88 valence electrons. The number of nitrogens with zero attached hydrogens (tertiary/aromatic N) is 3. The number of halogens is 1. The molecule has 16 heavy (non-hydrogen) atoms. The third-order valence-electron chi connectivity index (χ3n) is 3.14. The number of anilines is 1. The van der Waals surface area contributed by atoms with Gasteiger partial charge in [0.15, 0.2) is 0 Å². The highest BCUT2D eigenvalue weighted by Gasteiger charge is 2.18. The number of hydrogen-bond acceptors (Lipinski definition) is 3. The van der Waals surface area contributed by atoms with Gasteiger partial charge in [-0.1, -0.05) is 15.9 Å². The number of rotatable bonds is 4. The van der Waals surface area contributed by atoms with Gasteiger partial charge in [-0.15, -0.1) is 0 Å². The van der Waals surface area contributed by atoms with Crippen LogP contribution in [0.2, 0.25) is 0 Å². The van der Waals surface area contributed by atoms with E-state index in [2.05, 4.69) is 37.7 Å². The number of alkyl halides is 1. The van der Waals surface area contributed by atoms with Gasteiger partial charge < -0.3 is 4.90 Å². The molecule has 0 N–H and O–H groups in total. The monoisotopic (exact) mass is 283 g/mol. The fourth-order valence-electron chi connectivity index (χ4n) is 2.29. The first kappa shape index (κ1) is 11.8. The van der Waals surface area contributed by atoms with Gasteiger partial charge in [0.2, 0.25) is 0 Å². The van der Waals surface area contributed by atoms with Crippen molar-refractivity contribution in [1.82, 2.24) is 9.97 Å². The van der Waals surface area contributed by atoms with E-state index in [9.17, 15) is 0 Å². The fraction of sp³-hybridized carbons (Fsp3) is 0.667. The first-order valence-corrected chi connectivity index (χ1v) is 7.12. The van der Waals surface area contributed by atoms with E-state index in [4.69, 9.17) is 0 Å². The van der Waals surface area contributed by atoms with Crippen LogP contribution in [-0.2, 0) is 12.8 Å². The first-order chi connectivity index (χ1) is 7.86. The average molecular weight is 284 g/mol. The summed E-state index contributed by atoms with van der Waals surface area (Å²) in [7, 11) is 0. The zero-order valence-electron chi connectivity index (χ0n) is 9.75. The molecular weight excluding hydrogens is 266 g/mol. The molecule has 0 amide bonds. The van der Waals surface area contributed by atoms with E-state index in [-0.39, 0.29) is 0 Å². The topological polar surface area (TPSA) is 29.0 Å². The third-order valence-corrected chi connectivity index (χ3v) is 3.49. The summed E-state index contributed by atoms with van der Waals surface area (Å²) in [6, 6.07) is 0. The predicted octanol–water partition coefficient (Wildman–Crippen LogP) is 2.58. The van der Waals surface area contributed by atoms with Gasteiger partial charge >= 0.3 is 0 Å². The zero-order chi connectivity index (χ0) is 11.4. The maximum atomic E-state index is 4.48. The van der Waals surface area contributed by atoms with Crippen LogP contribution in [0.4, 0.5) is 5.82 Å². The van der Waals surface area contributed by atoms with Crippen LogP contribution in [0, 0.1) is 0 Å². The Bertz CT molecular complexity index is 354. The number of fused-ring (bicyclic) bond motifs is 1. The second-order valence-electron chi connectivity index (χ2n) is 4.10. The summed E-state index contributed by atoms with van der Waals surface area (Å²) in [5.74, 6) is 1.16. The molecular formula is C12H18BrN3. The Kier molecular flexibility index (Phi) is 4.16. The summed E-state index contributed by atoms with van der Waals surface area (Å²) < 4.78 is 0. The van der Waals surface area contributed by atoms with E-state index in [1.807, 2.05) is 0 Å². The Morgan fingerprint density at radius 1 is 1.31 bits per heavy atom. The SMILES string of the molecule is CCN(CCBr)c1ncnc2c1CCCC2. The molecule has 1 aliphatic rings. The maximum absolute atomic E-state index is 4.48. The molecule has 0 fully saturated rings. The molecule has 0 spiro atoms. The number of hydrogen-bond donors (Lipinski definition) is 0. The Labute approximate surface area is 105 Å². The standard InChI is InChI=1S/C12H18BrN3/c1-2-16(8-7-13)12-10-5-3-4-6-11(10)14-9-15-12/h9H,2-8H2,1H3. The molecule has 1 heterocycles. The van der Waals surface area contributed by atoms with Crippen molar-refractivity contribution in [3.8, 4) is 0 Å². The van der Waals surface area contributed by atoms with Crippen LogP contribution in [0.3, 0.4) is 0 Å². The fourth-order valence-corrected chi connectivity index (χ4v) is 2.72. The van der Waals surface area contributed by atoms with Crippen LogP contribution in [0.15, 0.2) is 6.33 Å². The van der Waals surface area contributed by atoms with E-state index < -0.39 is 0 Å². The highest BCUT2D eigenvalue weighted by molar-refractivity contribution is 9.09. The molecule has 3 nitrogen and oxygen atoms in total. The molecule has 1 aromatic heterocycles. The van der Waals surface area contributed by atoms with Crippen molar-refractivity contribution < 1.29 is 0 Å². The molecule has 0 atom stereocenters. The zero-order valence-corrected chi connectivity index (χ0v) is 11.3. The van der Waals surface area contributed by atoms with E-state index in [1.165, 1.54) is 24.1 Å². The quantitative estimate of drug-likeness (QED) is 0.796. The van der Waals surface area contributed by atoms with Crippen molar-refractivity contribution in [1.29, 1.82) is 0 Å². The molecule has 0 saturated heterocycles. The van der Waals surface area contributed by atoms with Crippen LogP contribution < -0.4 is 4.90 Å². The summed E-state index contributed by atoms with van der Waals surface area (Å²) in [6.45, 7) is 4.20. The van der Waals surface area contributed by atoms with Crippen molar-refractivity contribution in [2.45, 2.75) is 32.6 Å². The lowest BCUT2D eigenvalue weighted by Gasteiger charge is -2.26. The lowest BCUT2D eigenvalue weighted by molar-refractivity contribution is 0.656. The van der Waals surface area contributed by atoms with Crippen molar-refractivity contribution in [3.05, 3.63) is 17.6 Å². The lowest BCUT2D eigenvalue weighted by atomic mass is 9.96. The minimum Gasteiger partial charge on any atom is -0.356 e. The van der Waals surface area contributed by atoms with E-state index in [1.54, 1.807) is 6.33 Å². The van der Waals surface area contributed by atoms with Crippen LogP contribution >= 0.6 is 15.9 Å². The van der Waals surface area contributed by atoms with Crippen LogP contribution in [0.1, 0.15) is 31.0 Å². The first-order valence-electron chi connectivity index (χ1n) is 6.00. The smallest absolute Gasteiger partial charge is 0.135 e. The van der Waals surface area contributed by atoms with Gasteiger partial charge in [0.05, 0.1) is 0 Å². The van der Waals surface area contributed by atoms with Gasteiger partial charge in [-0.05, 0) is 32.6 Å². The largest absolute Gasteiger partial charge is 0.356 e. The van der Waals surface area contributed by atoms with E-state index in [0.29, 0.717) is 0 Å². The number of aromatic nitrogens is 2. The molecule has 2 rings (SSSR count). The highest BCUT2D eigenvalue weighted by atomic mass is 79.9. The summed E-state index contributed by atoms with van der Waals surface area (Å²) in [6.07, 6.45) is 6.53. The third kappa shape index (κ3) is 2.37. The Morgan fingerprint density at radius 3 is 2.88 bits per heavy atom. The summed E-state index contributed by atoms with van der Waals surface area (Å²) in [4.78, 5) is 11.2. The molecule has 0 aliphatic heterocycles. The lowest BCUT2D eigenvalue weighted by Crippen LogP contribution is -2.28. The molecule has 0 unspecified atom stereocenters. The minimum atomic E-state index is 0.986. The number of aryl methyl sites for hydroxylation is 1. The van der Waals surface area contributed by atoms with Crippen LogP contribution in [-0.4, -0.2) is 28.4 Å². The van der Waals surface area contributed by atoms with Gasteiger partial charge in [0, 0.05) is 29.7 Å². The Morgan fingerprint density at radius 2 is 2.12 bits per heavy atom. The van der Waals surface area contributed by atoms with Gasteiger partial charge in [0.1, 0.15) is 12.1 Å². The van der Waals surface area contributed by atoms with Gasteiger partial charge in [-0.2, -0.15) is 0 Å². The van der Waals surface area contributed by atoms with E-state index in [0.717, 1.165) is 37.1 Å². The second kappa shape index (κ2) is 5.62. The van der Waals surface area contributed by atoms with Crippen molar-refractivity contribution in [2.24, 2.45) is 0 Å². The molecule has 0 aromatic carbocycles. The molecule has 1 aliphatic carbocycles. The minimum absolute atomic E-state index is 0.986. The summed E-state index contributed by atoms with van der Waals surface area (Å²) >= 11 is 3.50. The van der Waals surface area contributed by atoms with Crippen molar-refractivity contribution in [3.63, 3.8) is 0 Å². The predicted molar refractivity (Wildman–Crippen MR) is 70.4 cm³/mol. The highest BCUT2D eigenvalue weighted by Crippen LogP contribution is 2.26. The van der Waals surface area contributed by atoms with Crippen molar-refractivity contribution in [2.75, 3.05) is 23.3 Å². The summed E-state index contributed by atoms with van der Waals surface area (Å²) in [5, 5.41) is 0.986. The Balaban J connectivity index is 2.31. The molecule has 0 bridgehead atoms.